The summed E-state index contributed by atoms with van der Waals surface area (Å²) in [6, 6.07) is 4.93. The number of amides is 1. The molecule has 152 valence electrons. The van der Waals surface area contributed by atoms with E-state index in [1.165, 1.54) is 6.07 Å². The molecule has 0 N–H and O–H groups in total. The molecule has 2 aromatic carbocycles. The number of fused-ring (bicyclic) bond motifs is 1. The molecule has 0 aromatic heterocycles. The molecule has 0 saturated carbocycles. The average molecular weight is 420 g/mol. The van der Waals surface area contributed by atoms with Crippen LogP contribution in [-0.4, -0.2) is 35.3 Å². The van der Waals surface area contributed by atoms with Gasteiger partial charge in [0.15, 0.2) is 17.4 Å². The fourth-order valence-electron chi connectivity index (χ4n) is 4.21. The number of nitrogens with zero attached hydrogens (tertiary/aromatic N) is 1. The lowest BCUT2D eigenvalue weighted by Gasteiger charge is -2.44. The molecule has 1 spiro atoms. The van der Waals surface area contributed by atoms with Crippen molar-refractivity contribution in [2.24, 2.45) is 0 Å². The summed E-state index contributed by atoms with van der Waals surface area (Å²) in [6.07, 6.45) is 1.19. The van der Waals surface area contributed by atoms with Gasteiger partial charge in [0, 0.05) is 36.5 Å². The van der Waals surface area contributed by atoms with Crippen molar-refractivity contribution in [3.63, 3.8) is 0 Å². The lowest BCUT2D eigenvalue weighted by molar-refractivity contribution is -0.00582. The van der Waals surface area contributed by atoms with E-state index in [0.29, 0.717) is 42.3 Å². The number of carbonyl (C=O) groups excluding carboxylic acids is 2. The highest BCUT2D eigenvalue weighted by Crippen LogP contribution is 2.43. The quantitative estimate of drug-likeness (QED) is 0.662. The summed E-state index contributed by atoms with van der Waals surface area (Å²) in [4.78, 5) is 27.1. The monoisotopic (exact) mass is 419 g/mol. The van der Waals surface area contributed by atoms with Crippen molar-refractivity contribution in [1.82, 2.24) is 4.90 Å². The van der Waals surface area contributed by atoms with Crippen LogP contribution in [0, 0.1) is 25.5 Å². The number of hydrogen-bond donors (Lipinski definition) is 0. The van der Waals surface area contributed by atoms with E-state index in [1.807, 2.05) is 13.8 Å². The van der Waals surface area contributed by atoms with Gasteiger partial charge in [-0.3, -0.25) is 9.59 Å². The highest BCUT2D eigenvalue weighted by Gasteiger charge is 2.44. The Morgan fingerprint density at radius 1 is 1.14 bits per heavy atom. The van der Waals surface area contributed by atoms with Gasteiger partial charge in [0.2, 0.25) is 0 Å². The Morgan fingerprint density at radius 3 is 2.48 bits per heavy atom. The Morgan fingerprint density at radius 2 is 1.83 bits per heavy atom. The number of benzene rings is 2. The molecule has 2 aliphatic heterocycles. The van der Waals surface area contributed by atoms with E-state index in [4.69, 9.17) is 16.3 Å². The first kappa shape index (κ1) is 19.8. The van der Waals surface area contributed by atoms with E-state index < -0.39 is 17.2 Å². The molecular weight excluding hydrogens is 400 g/mol. The molecule has 4 rings (SSSR count). The molecule has 4 nitrogen and oxygen atoms in total. The van der Waals surface area contributed by atoms with Crippen molar-refractivity contribution >= 4 is 23.3 Å². The minimum Gasteiger partial charge on any atom is -0.486 e. The maximum atomic E-state index is 13.5. The molecule has 1 fully saturated rings. The summed E-state index contributed by atoms with van der Waals surface area (Å²) in [5, 5.41) is 0.573. The molecule has 0 radical (unpaired) electrons. The Bertz CT molecular complexity index is 1030. The molecule has 7 heteroatoms. The molecular formula is C22H20ClF2NO3. The predicted molar refractivity (Wildman–Crippen MR) is 105 cm³/mol. The first-order chi connectivity index (χ1) is 13.7. The second-order valence-corrected chi connectivity index (χ2v) is 8.19. The van der Waals surface area contributed by atoms with E-state index in [-0.39, 0.29) is 23.7 Å². The lowest BCUT2D eigenvalue weighted by Crippen LogP contribution is -2.52. The molecule has 0 atom stereocenters. The van der Waals surface area contributed by atoms with E-state index in [1.54, 1.807) is 11.0 Å². The van der Waals surface area contributed by atoms with Crippen LogP contribution in [0.3, 0.4) is 0 Å². The molecule has 2 aromatic rings. The van der Waals surface area contributed by atoms with Gasteiger partial charge in [-0.25, -0.2) is 8.78 Å². The Hall–Kier alpha value is -2.47. The van der Waals surface area contributed by atoms with Crippen LogP contribution in [0.4, 0.5) is 8.78 Å². The smallest absolute Gasteiger partial charge is 0.253 e. The van der Waals surface area contributed by atoms with Gasteiger partial charge in [-0.2, -0.15) is 0 Å². The van der Waals surface area contributed by atoms with Crippen molar-refractivity contribution in [2.45, 2.75) is 38.7 Å². The number of Topliss-reactive ketones (excluding diaryl/α,β-unsaturated/α-hetero) is 1. The minimum atomic E-state index is -1.05. The zero-order valence-corrected chi connectivity index (χ0v) is 16.9. The van der Waals surface area contributed by atoms with Crippen molar-refractivity contribution in [2.75, 3.05) is 13.1 Å². The van der Waals surface area contributed by atoms with E-state index in [0.717, 1.165) is 23.3 Å². The van der Waals surface area contributed by atoms with Crippen LogP contribution in [0.25, 0.3) is 0 Å². The third-order valence-electron chi connectivity index (χ3n) is 5.86. The number of hydrogen-bond acceptors (Lipinski definition) is 3. The molecule has 0 aliphatic carbocycles. The summed E-state index contributed by atoms with van der Waals surface area (Å²) in [5.74, 6) is -1.86. The van der Waals surface area contributed by atoms with Crippen LogP contribution in [0.2, 0.25) is 5.02 Å². The van der Waals surface area contributed by atoms with Gasteiger partial charge in [0.25, 0.3) is 5.91 Å². The zero-order chi connectivity index (χ0) is 20.9. The highest BCUT2D eigenvalue weighted by atomic mass is 35.5. The maximum Gasteiger partial charge on any atom is 0.253 e. The number of aryl methyl sites for hydroxylation is 1. The summed E-state index contributed by atoms with van der Waals surface area (Å²) < 4.78 is 32.9. The van der Waals surface area contributed by atoms with E-state index in [9.17, 15) is 18.4 Å². The average Bonchev–Trinajstić information content (AvgIpc) is 2.68. The topological polar surface area (TPSA) is 46.6 Å². The number of likely N-dealkylation sites (tertiary alicyclic amines) is 1. The van der Waals surface area contributed by atoms with E-state index >= 15 is 0 Å². The number of ketones is 1. The van der Waals surface area contributed by atoms with E-state index in [2.05, 4.69) is 0 Å². The number of rotatable bonds is 1. The molecule has 29 heavy (non-hydrogen) atoms. The van der Waals surface area contributed by atoms with Crippen molar-refractivity contribution in [3.05, 3.63) is 63.2 Å². The van der Waals surface area contributed by atoms with Gasteiger partial charge >= 0.3 is 0 Å². The molecule has 2 aliphatic rings. The van der Waals surface area contributed by atoms with Gasteiger partial charge in [0.1, 0.15) is 11.4 Å². The lowest BCUT2D eigenvalue weighted by atomic mass is 9.81. The molecule has 2 heterocycles. The van der Waals surface area contributed by atoms with Crippen LogP contribution in [0.15, 0.2) is 24.3 Å². The largest absolute Gasteiger partial charge is 0.486 e. The normalized spacial score (nSPS) is 17.8. The van der Waals surface area contributed by atoms with Crippen molar-refractivity contribution < 1.29 is 23.1 Å². The van der Waals surface area contributed by atoms with Gasteiger partial charge in [-0.05, 0) is 49.2 Å². The summed E-state index contributed by atoms with van der Waals surface area (Å²) in [6.45, 7) is 4.42. The number of halogens is 3. The van der Waals surface area contributed by atoms with Gasteiger partial charge in [0.05, 0.1) is 12.0 Å². The van der Waals surface area contributed by atoms with Crippen LogP contribution < -0.4 is 4.74 Å². The third-order valence-corrected chi connectivity index (χ3v) is 6.44. The van der Waals surface area contributed by atoms with Crippen molar-refractivity contribution in [1.29, 1.82) is 0 Å². The number of piperidine rings is 1. The first-order valence-corrected chi connectivity index (χ1v) is 9.85. The third kappa shape index (κ3) is 3.39. The SMILES string of the molecule is Cc1cc2c(c(C)c1Cl)C(=O)CC1(CCN(C(=O)c3ccc(F)c(F)c3)CC1)O2. The Balaban J connectivity index is 1.53. The Kier molecular flexibility index (Phi) is 4.85. The number of carbonyl (C=O) groups is 2. The maximum absolute atomic E-state index is 13.5. The van der Waals surface area contributed by atoms with Crippen LogP contribution in [0.5, 0.6) is 5.75 Å². The predicted octanol–water partition coefficient (Wildman–Crippen LogP) is 4.88. The molecule has 0 unspecified atom stereocenters. The summed E-state index contributed by atoms with van der Waals surface area (Å²) in [5.41, 5.74) is 1.55. The van der Waals surface area contributed by atoms with Gasteiger partial charge < -0.3 is 9.64 Å². The van der Waals surface area contributed by atoms with Crippen LogP contribution in [0.1, 0.15) is 51.1 Å². The Labute approximate surface area is 172 Å². The summed E-state index contributed by atoms with van der Waals surface area (Å²) >= 11 is 6.29. The van der Waals surface area contributed by atoms with Gasteiger partial charge in [-0.1, -0.05) is 11.6 Å². The highest BCUT2D eigenvalue weighted by molar-refractivity contribution is 6.32. The summed E-state index contributed by atoms with van der Waals surface area (Å²) in [7, 11) is 0. The molecule has 0 bridgehead atoms. The van der Waals surface area contributed by atoms with Crippen LogP contribution in [-0.2, 0) is 0 Å². The molecule has 1 amide bonds. The fourth-order valence-corrected chi connectivity index (χ4v) is 4.36. The zero-order valence-electron chi connectivity index (χ0n) is 16.2. The van der Waals surface area contributed by atoms with Crippen LogP contribution >= 0.6 is 11.6 Å². The second-order valence-electron chi connectivity index (χ2n) is 7.81. The van der Waals surface area contributed by atoms with Gasteiger partial charge in [-0.15, -0.1) is 0 Å². The first-order valence-electron chi connectivity index (χ1n) is 9.47. The number of ether oxygens (including phenoxy) is 1. The fraction of sp³-hybridized carbons (Fsp3) is 0.364. The minimum absolute atomic E-state index is 0.00830. The second kappa shape index (κ2) is 7.10. The van der Waals surface area contributed by atoms with Crippen molar-refractivity contribution in [3.8, 4) is 5.75 Å². The molecule has 1 saturated heterocycles. The standard InChI is InChI=1S/C22H20ClF2NO3/c1-12-9-18-19(13(2)20(12)23)17(27)11-22(29-18)5-7-26(8-6-22)21(28)14-3-4-15(24)16(25)10-14/h3-4,9-10H,5-8,11H2,1-2H3.